The zero-order chi connectivity index (χ0) is 19.0. The van der Waals surface area contributed by atoms with Crippen LogP contribution >= 0.6 is 11.6 Å². The van der Waals surface area contributed by atoms with Crippen LogP contribution < -0.4 is 4.74 Å². The van der Waals surface area contributed by atoms with E-state index in [9.17, 15) is 19.3 Å². The predicted octanol–water partition coefficient (Wildman–Crippen LogP) is 3.53. The summed E-state index contributed by atoms with van der Waals surface area (Å²) in [5, 5.41) is 14.7. The Hall–Kier alpha value is -3.20. The maximum absolute atomic E-state index is 14.1. The zero-order valence-electron chi connectivity index (χ0n) is 13.6. The van der Waals surface area contributed by atoms with Crippen molar-refractivity contribution in [2.24, 2.45) is 0 Å². The average molecular weight is 379 g/mol. The number of hydrogen-bond donors (Lipinski definition) is 0. The standard InChI is InChI=1S/C16H12ClFN4O4/c1-20(2)16(23)13-14-12(4-3-7-21(14)19-15(13)17)26-11-6-5-9(22(24)25)8-10(11)18/h3-8H,1-2H3. The van der Waals surface area contributed by atoms with Gasteiger partial charge in [0.05, 0.1) is 11.0 Å². The molecule has 134 valence electrons. The van der Waals surface area contributed by atoms with E-state index in [2.05, 4.69) is 5.10 Å². The van der Waals surface area contributed by atoms with Gasteiger partial charge in [0.2, 0.25) is 0 Å². The first-order chi connectivity index (χ1) is 12.3. The van der Waals surface area contributed by atoms with E-state index in [1.54, 1.807) is 26.4 Å². The number of carbonyl (C=O) groups is 1. The summed E-state index contributed by atoms with van der Waals surface area (Å²) in [4.78, 5) is 23.7. The summed E-state index contributed by atoms with van der Waals surface area (Å²) in [5.41, 5.74) is -0.0348. The highest BCUT2D eigenvalue weighted by atomic mass is 35.5. The highest BCUT2D eigenvalue weighted by Gasteiger charge is 2.24. The van der Waals surface area contributed by atoms with Crippen LogP contribution in [0.15, 0.2) is 36.5 Å². The van der Waals surface area contributed by atoms with Crippen molar-refractivity contribution < 1.29 is 18.8 Å². The number of halogens is 2. The molecule has 0 radical (unpaired) electrons. The monoisotopic (exact) mass is 378 g/mol. The molecule has 2 heterocycles. The van der Waals surface area contributed by atoms with Crippen molar-refractivity contribution >= 4 is 28.7 Å². The Morgan fingerprint density at radius 2 is 2.08 bits per heavy atom. The van der Waals surface area contributed by atoms with E-state index in [0.717, 1.165) is 18.2 Å². The molecule has 0 saturated heterocycles. The summed E-state index contributed by atoms with van der Waals surface area (Å²) in [6.07, 6.45) is 1.56. The topological polar surface area (TPSA) is 90.0 Å². The fraction of sp³-hybridized carbons (Fsp3) is 0.125. The quantitative estimate of drug-likeness (QED) is 0.511. The smallest absolute Gasteiger partial charge is 0.272 e. The highest BCUT2D eigenvalue weighted by Crippen LogP contribution is 2.34. The largest absolute Gasteiger partial charge is 0.452 e. The zero-order valence-corrected chi connectivity index (χ0v) is 14.4. The summed E-state index contributed by atoms with van der Waals surface area (Å²) in [6, 6.07) is 6.11. The Balaban J connectivity index is 2.12. The van der Waals surface area contributed by atoms with E-state index < -0.39 is 22.3 Å². The van der Waals surface area contributed by atoms with Crippen LogP contribution in [0.25, 0.3) is 5.52 Å². The molecule has 0 fully saturated rings. The number of nitro groups is 1. The summed E-state index contributed by atoms with van der Waals surface area (Å²) in [6.45, 7) is 0. The van der Waals surface area contributed by atoms with Crippen molar-refractivity contribution in [3.05, 3.63) is 63.2 Å². The number of benzene rings is 1. The molecule has 0 atom stereocenters. The SMILES string of the molecule is CN(C)C(=O)c1c(Cl)nn2cccc(Oc3ccc([N+](=O)[O-])cc3F)c12. The number of fused-ring (bicyclic) bond motifs is 1. The number of hydrogen-bond acceptors (Lipinski definition) is 5. The van der Waals surface area contributed by atoms with Gasteiger partial charge in [0.15, 0.2) is 22.5 Å². The van der Waals surface area contributed by atoms with Crippen LogP contribution in [-0.4, -0.2) is 39.4 Å². The van der Waals surface area contributed by atoms with Gasteiger partial charge >= 0.3 is 0 Å². The van der Waals surface area contributed by atoms with Crippen LogP contribution in [0.3, 0.4) is 0 Å². The minimum atomic E-state index is -0.910. The van der Waals surface area contributed by atoms with Crippen molar-refractivity contribution in [2.75, 3.05) is 14.1 Å². The number of amides is 1. The number of pyridine rings is 1. The molecule has 2 aromatic heterocycles. The van der Waals surface area contributed by atoms with Crippen molar-refractivity contribution in [1.82, 2.24) is 14.5 Å². The van der Waals surface area contributed by atoms with Crippen molar-refractivity contribution in [3.63, 3.8) is 0 Å². The molecule has 0 saturated carbocycles. The molecule has 0 bridgehead atoms. The minimum absolute atomic E-state index is 0.0241. The van der Waals surface area contributed by atoms with Crippen LogP contribution in [0.2, 0.25) is 5.15 Å². The van der Waals surface area contributed by atoms with E-state index in [4.69, 9.17) is 16.3 Å². The first-order valence-electron chi connectivity index (χ1n) is 7.30. The van der Waals surface area contributed by atoms with Crippen molar-refractivity contribution in [1.29, 1.82) is 0 Å². The van der Waals surface area contributed by atoms with Crippen LogP contribution in [0.5, 0.6) is 11.5 Å². The van der Waals surface area contributed by atoms with Gasteiger partial charge in [-0.15, -0.1) is 0 Å². The molecule has 8 nitrogen and oxygen atoms in total. The molecule has 3 aromatic rings. The van der Waals surface area contributed by atoms with Crippen LogP contribution in [0.1, 0.15) is 10.4 Å². The van der Waals surface area contributed by atoms with E-state index in [0.29, 0.717) is 0 Å². The molecule has 1 amide bonds. The Morgan fingerprint density at radius 1 is 1.35 bits per heavy atom. The molecular formula is C16H12ClFN4O4. The lowest BCUT2D eigenvalue weighted by atomic mass is 10.2. The van der Waals surface area contributed by atoms with Gasteiger partial charge in [0.25, 0.3) is 11.6 Å². The summed E-state index contributed by atoms with van der Waals surface area (Å²) >= 11 is 6.08. The maximum Gasteiger partial charge on any atom is 0.272 e. The molecule has 26 heavy (non-hydrogen) atoms. The second-order valence-electron chi connectivity index (χ2n) is 5.50. The third kappa shape index (κ3) is 3.04. The lowest BCUT2D eigenvalue weighted by Gasteiger charge is -2.12. The third-order valence-corrected chi connectivity index (χ3v) is 3.81. The highest BCUT2D eigenvalue weighted by molar-refractivity contribution is 6.34. The number of ether oxygens (including phenoxy) is 1. The van der Waals surface area contributed by atoms with E-state index in [-0.39, 0.29) is 27.7 Å². The Bertz CT molecular complexity index is 1030. The van der Waals surface area contributed by atoms with Crippen molar-refractivity contribution in [3.8, 4) is 11.5 Å². The van der Waals surface area contributed by atoms with Crippen molar-refractivity contribution in [2.45, 2.75) is 0 Å². The van der Waals surface area contributed by atoms with Gasteiger partial charge in [0.1, 0.15) is 11.1 Å². The Morgan fingerprint density at radius 3 is 2.69 bits per heavy atom. The molecule has 0 aliphatic carbocycles. The average Bonchev–Trinajstić information content (AvgIpc) is 2.92. The first-order valence-corrected chi connectivity index (χ1v) is 7.67. The fourth-order valence-corrected chi connectivity index (χ4v) is 2.59. The molecule has 0 spiro atoms. The number of carbonyl (C=O) groups excluding carboxylic acids is 1. The van der Waals surface area contributed by atoms with E-state index in [1.807, 2.05) is 0 Å². The van der Waals surface area contributed by atoms with Gasteiger partial charge in [-0.3, -0.25) is 14.9 Å². The molecular weight excluding hydrogens is 367 g/mol. The van der Waals surface area contributed by atoms with Gasteiger partial charge < -0.3 is 9.64 Å². The van der Waals surface area contributed by atoms with E-state index in [1.165, 1.54) is 15.5 Å². The summed E-state index contributed by atoms with van der Waals surface area (Å²) in [5.74, 6) is -1.41. The predicted molar refractivity (Wildman–Crippen MR) is 91.3 cm³/mol. The molecule has 1 aromatic carbocycles. The van der Waals surface area contributed by atoms with Gasteiger partial charge in [0, 0.05) is 26.4 Å². The minimum Gasteiger partial charge on any atom is -0.452 e. The Kier molecular flexibility index (Phi) is 4.47. The molecule has 0 aliphatic heterocycles. The fourth-order valence-electron chi connectivity index (χ4n) is 2.34. The number of nitrogens with zero attached hydrogens (tertiary/aromatic N) is 4. The van der Waals surface area contributed by atoms with Crippen LogP contribution in [0.4, 0.5) is 10.1 Å². The maximum atomic E-state index is 14.1. The summed E-state index contributed by atoms with van der Waals surface area (Å²) < 4.78 is 21.0. The first kappa shape index (κ1) is 17.6. The van der Waals surface area contributed by atoms with Crippen LogP contribution in [-0.2, 0) is 0 Å². The molecule has 0 N–H and O–H groups in total. The Labute approximate surface area is 151 Å². The third-order valence-electron chi connectivity index (χ3n) is 3.54. The second kappa shape index (κ2) is 6.60. The van der Waals surface area contributed by atoms with Gasteiger partial charge in [-0.05, 0) is 18.2 Å². The number of aromatic nitrogens is 2. The lowest BCUT2D eigenvalue weighted by molar-refractivity contribution is -0.385. The second-order valence-corrected chi connectivity index (χ2v) is 5.86. The van der Waals surface area contributed by atoms with Gasteiger partial charge in [-0.2, -0.15) is 5.10 Å². The van der Waals surface area contributed by atoms with Gasteiger partial charge in [-0.25, -0.2) is 8.91 Å². The molecule has 0 unspecified atom stereocenters. The molecule has 10 heteroatoms. The number of rotatable bonds is 4. The summed E-state index contributed by atoms with van der Waals surface area (Å²) in [7, 11) is 3.11. The lowest BCUT2D eigenvalue weighted by Crippen LogP contribution is -2.21. The molecule has 0 aliphatic rings. The van der Waals surface area contributed by atoms with Gasteiger partial charge in [-0.1, -0.05) is 11.6 Å². The number of nitro benzene ring substituents is 1. The molecule has 3 rings (SSSR count). The number of non-ortho nitro benzene ring substituents is 1. The van der Waals surface area contributed by atoms with E-state index >= 15 is 0 Å². The normalized spacial score (nSPS) is 10.8. The van der Waals surface area contributed by atoms with Crippen LogP contribution in [0, 0.1) is 15.9 Å².